The fraction of sp³-hybridized carbons (Fsp3) is 0.417. The van der Waals surface area contributed by atoms with Crippen molar-refractivity contribution >= 4 is 5.97 Å². The van der Waals surface area contributed by atoms with Gasteiger partial charge in [-0.2, -0.15) is 0 Å². The van der Waals surface area contributed by atoms with Crippen LogP contribution < -0.4 is 0 Å². The van der Waals surface area contributed by atoms with Gasteiger partial charge in [-0.1, -0.05) is 18.2 Å². The maximum absolute atomic E-state index is 12.7. The number of para-hydroxylation sites is 1. The second-order valence-corrected chi connectivity index (χ2v) is 4.39. The SMILES string of the molecule is O=C(O)Cc1cccc(C2CC(F)(F)C2)c1O. The van der Waals surface area contributed by atoms with Crippen LogP contribution in [0.2, 0.25) is 0 Å². The van der Waals surface area contributed by atoms with Crippen LogP contribution in [0.4, 0.5) is 8.78 Å². The largest absolute Gasteiger partial charge is 0.507 e. The Bertz CT molecular complexity index is 449. The molecule has 92 valence electrons. The van der Waals surface area contributed by atoms with Crippen molar-refractivity contribution in [3.8, 4) is 5.75 Å². The number of benzene rings is 1. The molecule has 1 fully saturated rings. The Morgan fingerprint density at radius 2 is 2.06 bits per heavy atom. The van der Waals surface area contributed by atoms with Gasteiger partial charge in [-0.3, -0.25) is 4.79 Å². The molecule has 5 heteroatoms. The Morgan fingerprint density at radius 3 is 2.59 bits per heavy atom. The second-order valence-electron chi connectivity index (χ2n) is 4.39. The van der Waals surface area contributed by atoms with Crippen LogP contribution in [0.15, 0.2) is 18.2 Å². The molecule has 0 aromatic heterocycles. The van der Waals surface area contributed by atoms with Gasteiger partial charge in [0, 0.05) is 18.4 Å². The monoisotopic (exact) mass is 242 g/mol. The summed E-state index contributed by atoms with van der Waals surface area (Å²) >= 11 is 0. The third-order valence-electron chi connectivity index (χ3n) is 3.02. The van der Waals surface area contributed by atoms with E-state index in [1.54, 1.807) is 12.1 Å². The molecule has 3 nitrogen and oxygen atoms in total. The molecule has 1 saturated carbocycles. The number of carboxylic acid groups (broad SMARTS) is 1. The van der Waals surface area contributed by atoms with Gasteiger partial charge >= 0.3 is 5.97 Å². The minimum absolute atomic E-state index is 0.157. The van der Waals surface area contributed by atoms with Gasteiger partial charge in [-0.15, -0.1) is 0 Å². The van der Waals surface area contributed by atoms with E-state index in [9.17, 15) is 18.7 Å². The van der Waals surface area contributed by atoms with Crippen LogP contribution in [0, 0.1) is 0 Å². The summed E-state index contributed by atoms with van der Waals surface area (Å²) in [6, 6.07) is 4.65. The molecule has 0 aliphatic heterocycles. The van der Waals surface area contributed by atoms with E-state index < -0.39 is 11.9 Å². The summed E-state index contributed by atoms with van der Waals surface area (Å²) in [6.07, 6.45) is -0.864. The van der Waals surface area contributed by atoms with E-state index in [0.717, 1.165) is 0 Å². The zero-order valence-electron chi connectivity index (χ0n) is 8.99. The van der Waals surface area contributed by atoms with E-state index in [4.69, 9.17) is 5.11 Å². The van der Waals surface area contributed by atoms with Crippen LogP contribution in [-0.2, 0) is 11.2 Å². The van der Waals surface area contributed by atoms with E-state index in [2.05, 4.69) is 0 Å². The average Bonchev–Trinajstić information content (AvgIpc) is 2.17. The van der Waals surface area contributed by atoms with Crippen molar-refractivity contribution in [1.29, 1.82) is 0 Å². The molecule has 1 aliphatic carbocycles. The zero-order valence-corrected chi connectivity index (χ0v) is 8.99. The second kappa shape index (κ2) is 3.98. The standard InChI is InChI=1S/C12H12F2O3/c13-12(14)5-8(6-12)9-3-1-2-7(11(9)17)4-10(15)16/h1-3,8,17H,4-6H2,(H,15,16). The van der Waals surface area contributed by atoms with Gasteiger partial charge in [0.15, 0.2) is 0 Å². The highest BCUT2D eigenvalue weighted by atomic mass is 19.3. The number of aliphatic carboxylic acids is 1. The molecule has 0 saturated heterocycles. The van der Waals surface area contributed by atoms with E-state index >= 15 is 0 Å². The van der Waals surface area contributed by atoms with Crippen LogP contribution in [0.1, 0.15) is 29.9 Å². The highest BCUT2D eigenvalue weighted by molar-refractivity contribution is 5.71. The summed E-state index contributed by atoms with van der Waals surface area (Å²) in [7, 11) is 0. The van der Waals surface area contributed by atoms with Crippen molar-refractivity contribution < 1.29 is 23.8 Å². The molecule has 17 heavy (non-hydrogen) atoms. The molecule has 0 radical (unpaired) electrons. The number of carbonyl (C=O) groups is 1. The van der Waals surface area contributed by atoms with Gasteiger partial charge < -0.3 is 10.2 Å². The minimum Gasteiger partial charge on any atom is -0.507 e. The van der Waals surface area contributed by atoms with Gasteiger partial charge in [0.1, 0.15) is 5.75 Å². The highest BCUT2D eigenvalue weighted by Gasteiger charge is 2.46. The number of rotatable bonds is 3. The summed E-state index contributed by atoms with van der Waals surface area (Å²) in [4.78, 5) is 10.6. The smallest absolute Gasteiger partial charge is 0.307 e. The number of aromatic hydroxyl groups is 1. The van der Waals surface area contributed by atoms with E-state index in [-0.39, 0.29) is 36.5 Å². The van der Waals surface area contributed by atoms with Crippen LogP contribution in [0.5, 0.6) is 5.75 Å². The first-order valence-electron chi connectivity index (χ1n) is 5.29. The number of phenolic OH excluding ortho intramolecular Hbond substituents is 1. The van der Waals surface area contributed by atoms with Crippen LogP contribution >= 0.6 is 0 Å². The summed E-state index contributed by atoms with van der Waals surface area (Å²) < 4.78 is 25.5. The molecular formula is C12H12F2O3. The molecule has 2 rings (SSSR count). The Hall–Kier alpha value is -1.65. The van der Waals surface area contributed by atoms with Gasteiger partial charge in [0.05, 0.1) is 6.42 Å². The Kier molecular flexibility index (Phi) is 2.77. The van der Waals surface area contributed by atoms with Gasteiger partial charge in [-0.25, -0.2) is 8.78 Å². The molecule has 0 bridgehead atoms. The molecule has 0 spiro atoms. The Labute approximate surface area is 96.7 Å². The number of alkyl halides is 2. The van der Waals surface area contributed by atoms with Gasteiger partial charge in [-0.05, 0) is 11.5 Å². The fourth-order valence-electron chi connectivity index (χ4n) is 2.13. The summed E-state index contributed by atoms with van der Waals surface area (Å²) in [6.45, 7) is 0. The molecule has 0 heterocycles. The summed E-state index contributed by atoms with van der Waals surface area (Å²) in [5.74, 6) is -4.24. The summed E-state index contributed by atoms with van der Waals surface area (Å²) in [5.41, 5.74) is 0.694. The van der Waals surface area contributed by atoms with Crippen molar-refractivity contribution in [2.45, 2.75) is 31.1 Å². The van der Waals surface area contributed by atoms with Gasteiger partial charge in [0.2, 0.25) is 5.92 Å². The first kappa shape index (κ1) is 11.8. The molecule has 0 unspecified atom stereocenters. The van der Waals surface area contributed by atoms with Crippen molar-refractivity contribution in [3.63, 3.8) is 0 Å². The van der Waals surface area contributed by atoms with Gasteiger partial charge in [0.25, 0.3) is 0 Å². The van der Waals surface area contributed by atoms with Crippen LogP contribution in [-0.4, -0.2) is 22.1 Å². The van der Waals surface area contributed by atoms with Crippen LogP contribution in [0.3, 0.4) is 0 Å². The number of halogens is 2. The van der Waals surface area contributed by atoms with Crippen molar-refractivity contribution in [2.24, 2.45) is 0 Å². The van der Waals surface area contributed by atoms with Crippen molar-refractivity contribution in [2.75, 3.05) is 0 Å². The Balaban J connectivity index is 2.21. The van der Waals surface area contributed by atoms with Crippen molar-refractivity contribution in [3.05, 3.63) is 29.3 Å². The molecule has 1 aliphatic rings. The lowest BCUT2D eigenvalue weighted by molar-refractivity contribution is -0.136. The number of phenols is 1. The maximum Gasteiger partial charge on any atom is 0.307 e. The molecule has 0 atom stereocenters. The zero-order chi connectivity index (χ0) is 12.6. The fourth-order valence-corrected chi connectivity index (χ4v) is 2.13. The molecular weight excluding hydrogens is 230 g/mol. The normalized spacial score (nSPS) is 18.7. The topological polar surface area (TPSA) is 57.5 Å². The Morgan fingerprint density at radius 1 is 1.41 bits per heavy atom. The first-order valence-corrected chi connectivity index (χ1v) is 5.29. The number of hydrogen-bond donors (Lipinski definition) is 2. The first-order chi connectivity index (χ1) is 7.89. The summed E-state index contributed by atoms with van der Waals surface area (Å²) in [5, 5.41) is 18.5. The lowest BCUT2D eigenvalue weighted by Crippen LogP contribution is -2.33. The minimum atomic E-state index is -2.65. The van der Waals surface area contributed by atoms with E-state index in [1.807, 2.05) is 0 Å². The van der Waals surface area contributed by atoms with Crippen LogP contribution in [0.25, 0.3) is 0 Å². The highest BCUT2D eigenvalue weighted by Crippen LogP contribution is 2.50. The predicted molar refractivity (Wildman–Crippen MR) is 56.4 cm³/mol. The predicted octanol–water partition coefficient (Wildman–Crippen LogP) is 2.53. The number of hydrogen-bond acceptors (Lipinski definition) is 2. The lowest BCUT2D eigenvalue weighted by Gasteiger charge is -2.35. The van der Waals surface area contributed by atoms with E-state index in [1.165, 1.54) is 6.07 Å². The number of carboxylic acids is 1. The molecule has 0 amide bonds. The quantitative estimate of drug-likeness (QED) is 0.856. The maximum atomic E-state index is 12.7. The molecule has 1 aromatic carbocycles. The third-order valence-corrected chi connectivity index (χ3v) is 3.02. The van der Waals surface area contributed by atoms with E-state index in [0.29, 0.717) is 5.56 Å². The average molecular weight is 242 g/mol. The van der Waals surface area contributed by atoms with Crippen molar-refractivity contribution in [1.82, 2.24) is 0 Å². The molecule has 1 aromatic rings. The molecule has 2 N–H and O–H groups in total. The third kappa shape index (κ3) is 2.38. The lowest BCUT2D eigenvalue weighted by atomic mass is 9.76.